The van der Waals surface area contributed by atoms with Crippen molar-refractivity contribution in [2.45, 2.75) is 44.6 Å². The quantitative estimate of drug-likeness (QED) is 0.751. The summed E-state index contributed by atoms with van der Waals surface area (Å²) in [6.07, 6.45) is 9.50. The van der Waals surface area contributed by atoms with Gasteiger partial charge in [-0.15, -0.1) is 0 Å². The van der Waals surface area contributed by atoms with Gasteiger partial charge in [0, 0.05) is 17.8 Å². The second-order valence-corrected chi connectivity index (χ2v) is 4.76. The minimum atomic E-state index is 0.0619. The first-order valence-corrected chi connectivity index (χ1v) is 6.25. The number of hydrogen-bond acceptors (Lipinski definition) is 3. The third kappa shape index (κ3) is 2.53. The molecule has 1 aliphatic carbocycles. The zero-order chi connectivity index (χ0) is 11.4. The van der Waals surface area contributed by atoms with E-state index in [1.54, 1.807) is 6.20 Å². The first kappa shape index (κ1) is 11.4. The Kier molecular flexibility index (Phi) is 3.78. The second kappa shape index (κ2) is 5.30. The highest BCUT2D eigenvalue weighted by Gasteiger charge is 2.22. The van der Waals surface area contributed by atoms with Crippen molar-refractivity contribution in [1.29, 1.82) is 0 Å². The van der Waals surface area contributed by atoms with Gasteiger partial charge in [-0.1, -0.05) is 31.7 Å². The minimum Gasteiger partial charge on any atom is -0.383 e. The van der Waals surface area contributed by atoms with Crippen LogP contribution in [0.3, 0.4) is 0 Å². The third-order valence-electron chi connectivity index (χ3n) is 3.64. The number of nitrogens with zero attached hydrogens (tertiary/aromatic N) is 1. The summed E-state index contributed by atoms with van der Waals surface area (Å²) in [5, 5.41) is 0. The third-order valence-corrected chi connectivity index (χ3v) is 3.64. The molecule has 4 N–H and O–H groups in total. The summed E-state index contributed by atoms with van der Waals surface area (Å²) in [6, 6.07) is 3.99. The number of rotatable bonds is 2. The van der Waals surface area contributed by atoms with E-state index in [1.807, 2.05) is 12.1 Å². The molecule has 0 bridgehead atoms. The molecule has 2 rings (SSSR count). The fraction of sp³-hybridized carbons (Fsp3) is 0.615. The molecule has 0 spiro atoms. The van der Waals surface area contributed by atoms with Crippen molar-refractivity contribution in [3.63, 3.8) is 0 Å². The number of anilines is 1. The van der Waals surface area contributed by atoms with E-state index in [4.69, 9.17) is 11.5 Å². The maximum absolute atomic E-state index is 6.32. The predicted octanol–water partition coefficient (Wildman–Crippen LogP) is 2.63. The molecule has 1 saturated carbocycles. The molecule has 0 radical (unpaired) electrons. The fourth-order valence-electron chi connectivity index (χ4n) is 2.64. The van der Waals surface area contributed by atoms with Gasteiger partial charge < -0.3 is 11.5 Å². The zero-order valence-electron chi connectivity index (χ0n) is 9.73. The SMILES string of the molecule is Nc1ncccc1C(N)C1CCCCCC1. The van der Waals surface area contributed by atoms with Crippen molar-refractivity contribution in [2.24, 2.45) is 11.7 Å². The number of nitrogens with two attached hydrogens (primary N) is 2. The average molecular weight is 219 g/mol. The highest BCUT2D eigenvalue weighted by atomic mass is 14.8. The molecule has 1 fully saturated rings. The molecule has 1 aromatic rings. The van der Waals surface area contributed by atoms with Crippen LogP contribution in [0.1, 0.15) is 50.1 Å². The van der Waals surface area contributed by atoms with E-state index in [0.717, 1.165) is 5.56 Å². The van der Waals surface area contributed by atoms with Crippen molar-refractivity contribution in [2.75, 3.05) is 5.73 Å². The maximum atomic E-state index is 6.32. The zero-order valence-corrected chi connectivity index (χ0v) is 9.73. The summed E-state index contributed by atoms with van der Waals surface area (Å²) < 4.78 is 0. The van der Waals surface area contributed by atoms with Gasteiger partial charge in [-0.05, 0) is 24.8 Å². The molecule has 16 heavy (non-hydrogen) atoms. The normalized spacial score (nSPS) is 20.3. The van der Waals surface area contributed by atoms with Crippen molar-refractivity contribution >= 4 is 5.82 Å². The van der Waals surface area contributed by atoms with Gasteiger partial charge in [0.25, 0.3) is 0 Å². The van der Waals surface area contributed by atoms with Crippen LogP contribution in [-0.4, -0.2) is 4.98 Å². The van der Waals surface area contributed by atoms with Crippen LogP contribution >= 0.6 is 0 Å². The van der Waals surface area contributed by atoms with Gasteiger partial charge in [0.15, 0.2) is 0 Å². The number of nitrogen functional groups attached to an aromatic ring is 1. The van der Waals surface area contributed by atoms with Crippen molar-refractivity contribution in [1.82, 2.24) is 4.98 Å². The molecule has 88 valence electrons. The molecule has 0 amide bonds. The molecule has 1 aliphatic rings. The molecule has 1 unspecified atom stereocenters. The average Bonchev–Trinajstić information content (AvgIpc) is 2.57. The van der Waals surface area contributed by atoms with Gasteiger partial charge in [0.1, 0.15) is 5.82 Å². The largest absolute Gasteiger partial charge is 0.383 e. The predicted molar refractivity (Wildman–Crippen MR) is 66.8 cm³/mol. The van der Waals surface area contributed by atoms with Crippen LogP contribution < -0.4 is 11.5 Å². The van der Waals surface area contributed by atoms with Crippen LogP contribution in [-0.2, 0) is 0 Å². The van der Waals surface area contributed by atoms with E-state index in [1.165, 1.54) is 38.5 Å². The summed E-state index contributed by atoms with van der Waals surface area (Å²) in [5.74, 6) is 1.17. The topological polar surface area (TPSA) is 64.9 Å². The maximum Gasteiger partial charge on any atom is 0.128 e. The fourth-order valence-corrected chi connectivity index (χ4v) is 2.64. The van der Waals surface area contributed by atoms with Crippen molar-refractivity contribution in [3.8, 4) is 0 Å². The summed E-state index contributed by atoms with van der Waals surface area (Å²) in [7, 11) is 0. The lowest BCUT2D eigenvalue weighted by Crippen LogP contribution is -2.22. The van der Waals surface area contributed by atoms with Crippen LogP contribution in [0.5, 0.6) is 0 Å². The Bertz CT molecular complexity index is 330. The van der Waals surface area contributed by atoms with Crippen LogP contribution in [0.25, 0.3) is 0 Å². The van der Waals surface area contributed by atoms with Crippen LogP contribution in [0.15, 0.2) is 18.3 Å². The first-order chi connectivity index (χ1) is 7.79. The monoisotopic (exact) mass is 219 g/mol. The summed E-state index contributed by atoms with van der Waals surface area (Å²) in [5.41, 5.74) is 13.2. The molecular weight excluding hydrogens is 198 g/mol. The molecule has 1 atom stereocenters. The van der Waals surface area contributed by atoms with Gasteiger partial charge in [-0.25, -0.2) is 4.98 Å². The van der Waals surface area contributed by atoms with E-state index in [2.05, 4.69) is 4.98 Å². The lowest BCUT2D eigenvalue weighted by molar-refractivity contribution is 0.383. The minimum absolute atomic E-state index is 0.0619. The van der Waals surface area contributed by atoms with Crippen LogP contribution in [0.2, 0.25) is 0 Å². The Balaban J connectivity index is 2.11. The Morgan fingerprint density at radius 3 is 2.50 bits per heavy atom. The van der Waals surface area contributed by atoms with Gasteiger partial charge in [0.2, 0.25) is 0 Å². The van der Waals surface area contributed by atoms with E-state index >= 15 is 0 Å². The van der Waals surface area contributed by atoms with Crippen LogP contribution in [0, 0.1) is 5.92 Å². The Morgan fingerprint density at radius 1 is 1.19 bits per heavy atom. The first-order valence-electron chi connectivity index (χ1n) is 6.25. The van der Waals surface area contributed by atoms with Gasteiger partial charge in [0.05, 0.1) is 0 Å². The Labute approximate surface area is 97.2 Å². The van der Waals surface area contributed by atoms with E-state index in [0.29, 0.717) is 11.7 Å². The summed E-state index contributed by atoms with van der Waals surface area (Å²) >= 11 is 0. The van der Waals surface area contributed by atoms with Gasteiger partial charge in [-0.3, -0.25) is 0 Å². The molecule has 3 heteroatoms. The summed E-state index contributed by atoms with van der Waals surface area (Å²) in [4.78, 5) is 4.12. The van der Waals surface area contributed by atoms with E-state index in [9.17, 15) is 0 Å². The molecule has 1 heterocycles. The number of hydrogen-bond donors (Lipinski definition) is 2. The lowest BCUT2D eigenvalue weighted by atomic mass is 9.88. The van der Waals surface area contributed by atoms with E-state index in [-0.39, 0.29) is 6.04 Å². The van der Waals surface area contributed by atoms with Crippen molar-refractivity contribution < 1.29 is 0 Å². The van der Waals surface area contributed by atoms with Gasteiger partial charge in [-0.2, -0.15) is 0 Å². The standard InChI is InChI=1S/C13H21N3/c14-12(10-6-3-1-2-4-7-10)11-8-5-9-16-13(11)15/h5,8-10,12H,1-4,6-7,14H2,(H2,15,16). The van der Waals surface area contributed by atoms with Crippen LogP contribution in [0.4, 0.5) is 5.82 Å². The number of pyridine rings is 1. The molecule has 0 saturated heterocycles. The van der Waals surface area contributed by atoms with E-state index < -0.39 is 0 Å². The molecule has 0 aliphatic heterocycles. The van der Waals surface area contributed by atoms with Crippen molar-refractivity contribution in [3.05, 3.63) is 23.9 Å². The highest BCUT2D eigenvalue weighted by Crippen LogP contribution is 2.33. The van der Waals surface area contributed by atoms with Gasteiger partial charge >= 0.3 is 0 Å². The Hall–Kier alpha value is -1.09. The Morgan fingerprint density at radius 2 is 1.88 bits per heavy atom. The molecular formula is C13H21N3. The molecule has 1 aromatic heterocycles. The highest BCUT2D eigenvalue weighted by molar-refractivity contribution is 5.40. The lowest BCUT2D eigenvalue weighted by Gasteiger charge is -2.23. The summed E-state index contributed by atoms with van der Waals surface area (Å²) in [6.45, 7) is 0. The second-order valence-electron chi connectivity index (χ2n) is 4.76. The molecule has 0 aromatic carbocycles. The molecule has 3 nitrogen and oxygen atoms in total. The smallest absolute Gasteiger partial charge is 0.128 e. The number of aromatic nitrogens is 1.